The van der Waals surface area contributed by atoms with Gasteiger partial charge in [-0.25, -0.2) is 4.79 Å². The van der Waals surface area contributed by atoms with Crippen LogP contribution in [0.25, 0.3) is 0 Å². The van der Waals surface area contributed by atoms with E-state index >= 15 is 0 Å². The van der Waals surface area contributed by atoms with Gasteiger partial charge in [-0.15, -0.1) is 0 Å². The molecule has 0 amide bonds. The van der Waals surface area contributed by atoms with Crippen molar-refractivity contribution < 1.29 is 23.8 Å². The molecular weight excluding hydrogens is 344 g/mol. The molecule has 0 aromatic carbocycles. The lowest BCUT2D eigenvalue weighted by Gasteiger charge is -2.22. The van der Waals surface area contributed by atoms with Crippen molar-refractivity contribution in [3.05, 3.63) is 34.9 Å². The zero-order valence-corrected chi connectivity index (χ0v) is 16.8. The monoisotopic (exact) mass is 374 g/mol. The minimum atomic E-state index is -0.318. The average molecular weight is 374 g/mol. The molecule has 3 aliphatic rings. The molecule has 27 heavy (non-hydrogen) atoms. The Morgan fingerprint density at radius 1 is 1.26 bits per heavy atom. The largest absolute Gasteiger partial charge is 0.458 e. The van der Waals surface area contributed by atoms with Crippen molar-refractivity contribution in [2.24, 2.45) is 0 Å². The fraction of sp³-hybridized carbons (Fsp3) is 0.636. The van der Waals surface area contributed by atoms with Crippen molar-refractivity contribution in [2.45, 2.75) is 90.1 Å². The predicted octanol–water partition coefficient (Wildman–Crippen LogP) is 4.17. The zero-order chi connectivity index (χ0) is 19.8. The first-order valence-electron chi connectivity index (χ1n) is 9.80. The topological polar surface area (TPSA) is 65.1 Å². The highest BCUT2D eigenvalue weighted by Crippen LogP contribution is 2.44. The molecular formula is C22H30O5. The molecule has 1 aliphatic carbocycles. The molecule has 0 N–H and O–H groups in total. The number of rotatable bonds is 1. The highest BCUT2D eigenvalue weighted by molar-refractivity contribution is 5.92. The molecule has 0 radical (unpaired) electrons. The van der Waals surface area contributed by atoms with Crippen molar-refractivity contribution in [1.82, 2.24) is 0 Å². The van der Waals surface area contributed by atoms with Crippen LogP contribution in [0.2, 0.25) is 0 Å². The molecule has 2 aliphatic heterocycles. The minimum absolute atomic E-state index is 0.148. The standard InChI is InChI=1S/C22H30O5/c1-13-6-9-20-22(5,27-20)11-10-18(25-16(4)23)14(2)7-8-17-15(3)21(24)26-19(17)12-13/h12,18-20H,2,6-11H2,1,3-5H3. The second-order valence-electron chi connectivity index (χ2n) is 8.24. The van der Waals surface area contributed by atoms with Gasteiger partial charge >= 0.3 is 11.9 Å². The van der Waals surface area contributed by atoms with E-state index in [0.717, 1.165) is 30.4 Å². The van der Waals surface area contributed by atoms with Gasteiger partial charge < -0.3 is 14.2 Å². The summed E-state index contributed by atoms with van der Waals surface area (Å²) in [4.78, 5) is 23.6. The van der Waals surface area contributed by atoms with Gasteiger partial charge in [0.15, 0.2) is 0 Å². The van der Waals surface area contributed by atoms with Gasteiger partial charge in [-0.05, 0) is 76.5 Å². The van der Waals surface area contributed by atoms with Crippen LogP contribution < -0.4 is 0 Å². The van der Waals surface area contributed by atoms with Crippen molar-refractivity contribution >= 4 is 11.9 Å². The van der Waals surface area contributed by atoms with Crippen molar-refractivity contribution in [2.75, 3.05) is 0 Å². The van der Waals surface area contributed by atoms with Crippen LogP contribution in [0.1, 0.15) is 66.2 Å². The maximum absolute atomic E-state index is 12.1. The molecule has 4 atom stereocenters. The van der Waals surface area contributed by atoms with Crippen LogP contribution in [-0.4, -0.2) is 35.9 Å². The minimum Gasteiger partial charge on any atom is -0.458 e. The van der Waals surface area contributed by atoms with Gasteiger partial charge in [-0.2, -0.15) is 0 Å². The molecule has 3 rings (SSSR count). The summed E-state index contributed by atoms with van der Waals surface area (Å²) in [6.45, 7) is 11.6. The summed E-state index contributed by atoms with van der Waals surface area (Å²) in [7, 11) is 0. The summed E-state index contributed by atoms with van der Waals surface area (Å²) >= 11 is 0. The van der Waals surface area contributed by atoms with Crippen LogP contribution in [0, 0.1) is 0 Å². The number of hydrogen-bond donors (Lipinski definition) is 0. The molecule has 0 aromatic rings. The van der Waals surface area contributed by atoms with Crippen LogP contribution in [-0.2, 0) is 23.8 Å². The van der Waals surface area contributed by atoms with E-state index < -0.39 is 0 Å². The van der Waals surface area contributed by atoms with E-state index in [1.807, 2.05) is 6.92 Å². The van der Waals surface area contributed by atoms with Gasteiger partial charge in [0.1, 0.15) is 12.2 Å². The van der Waals surface area contributed by atoms with Gasteiger partial charge in [-0.3, -0.25) is 4.79 Å². The normalized spacial score (nSPS) is 34.8. The zero-order valence-electron chi connectivity index (χ0n) is 16.8. The van der Waals surface area contributed by atoms with Crippen molar-refractivity contribution in [1.29, 1.82) is 0 Å². The van der Waals surface area contributed by atoms with Gasteiger partial charge in [0.2, 0.25) is 0 Å². The fourth-order valence-corrected chi connectivity index (χ4v) is 4.08. The Labute approximate surface area is 161 Å². The number of epoxide rings is 1. The Kier molecular flexibility index (Phi) is 5.61. The first kappa shape index (κ1) is 19.9. The van der Waals surface area contributed by atoms with E-state index in [1.165, 1.54) is 12.5 Å². The Bertz CT molecular complexity index is 716. The van der Waals surface area contributed by atoms with E-state index in [2.05, 4.69) is 26.5 Å². The third-order valence-electron chi connectivity index (χ3n) is 6.02. The van der Waals surface area contributed by atoms with E-state index in [0.29, 0.717) is 24.8 Å². The van der Waals surface area contributed by atoms with Crippen LogP contribution in [0.3, 0.4) is 0 Å². The summed E-state index contributed by atoms with van der Waals surface area (Å²) < 4.78 is 17.0. The summed E-state index contributed by atoms with van der Waals surface area (Å²) in [6.07, 6.45) is 6.40. The molecule has 1 saturated heterocycles. The maximum Gasteiger partial charge on any atom is 0.334 e. The Balaban J connectivity index is 1.83. The second-order valence-corrected chi connectivity index (χ2v) is 8.24. The van der Waals surface area contributed by atoms with Crippen LogP contribution in [0.5, 0.6) is 0 Å². The number of ether oxygens (including phenoxy) is 3. The van der Waals surface area contributed by atoms with Gasteiger partial charge in [0.25, 0.3) is 0 Å². The van der Waals surface area contributed by atoms with E-state index in [1.54, 1.807) is 0 Å². The Morgan fingerprint density at radius 3 is 2.70 bits per heavy atom. The number of allylic oxidation sites excluding steroid dienone is 1. The summed E-state index contributed by atoms with van der Waals surface area (Å²) in [5.74, 6) is -0.546. The number of hydrogen-bond acceptors (Lipinski definition) is 5. The molecule has 4 unspecified atom stereocenters. The summed E-state index contributed by atoms with van der Waals surface area (Å²) in [5, 5.41) is 0. The maximum atomic E-state index is 12.1. The van der Waals surface area contributed by atoms with Crippen molar-refractivity contribution in [3.8, 4) is 0 Å². The van der Waals surface area contributed by atoms with E-state index in [4.69, 9.17) is 14.2 Å². The van der Waals surface area contributed by atoms with Crippen LogP contribution >= 0.6 is 0 Å². The van der Waals surface area contributed by atoms with Crippen molar-refractivity contribution in [3.63, 3.8) is 0 Å². The lowest BCUT2D eigenvalue weighted by atomic mass is 9.90. The fourth-order valence-electron chi connectivity index (χ4n) is 4.08. The average Bonchev–Trinajstić information content (AvgIpc) is 3.17. The summed E-state index contributed by atoms with van der Waals surface area (Å²) in [5.41, 5.74) is 3.64. The lowest BCUT2D eigenvalue weighted by Crippen LogP contribution is -2.22. The van der Waals surface area contributed by atoms with Crippen LogP contribution in [0.15, 0.2) is 34.9 Å². The number of fused-ring (bicyclic) bond motifs is 2. The first-order valence-corrected chi connectivity index (χ1v) is 9.80. The Hall–Kier alpha value is -1.88. The second kappa shape index (κ2) is 7.63. The lowest BCUT2D eigenvalue weighted by molar-refractivity contribution is -0.145. The molecule has 0 saturated carbocycles. The third-order valence-corrected chi connectivity index (χ3v) is 6.02. The van der Waals surface area contributed by atoms with Crippen LogP contribution in [0.4, 0.5) is 0 Å². The highest BCUT2D eigenvalue weighted by Gasteiger charge is 2.51. The van der Waals surface area contributed by atoms with E-state index in [-0.39, 0.29) is 35.9 Å². The SMILES string of the molecule is C=C1CCC2=C(C)C(=O)OC2C=C(C)CCC2OC2(C)CCC1OC(C)=O. The molecule has 5 nitrogen and oxygen atoms in total. The molecule has 148 valence electrons. The predicted molar refractivity (Wildman–Crippen MR) is 102 cm³/mol. The third kappa shape index (κ3) is 4.52. The highest BCUT2D eigenvalue weighted by atomic mass is 16.6. The quantitative estimate of drug-likeness (QED) is 0.391. The molecule has 0 aromatic heterocycles. The number of esters is 2. The van der Waals surface area contributed by atoms with Gasteiger partial charge in [0, 0.05) is 12.5 Å². The summed E-state index contributed by atoms with van der Waals surface area (Å²) in [6, 6.07) is 0. The molecule has 0 spiro atoms. The molecule has 1 fully saturated rings. The molecule has 0 bridgehead atoms. The number of carbonyl (C=O) groups excluding carboxylic acids is 2. The number of carbonyl (C=O) groups is 2. The van der Waals surface area contributed by atoms with Gasteiger partial charge in [0.05, 0.1) is 11.7 Å². The molecule has 5 heteroatoms. The first-order chi connectivity index (χ1) is 12.7. The molecule has 2 heterocycles. The van der Waals surface area contributed by atoms with Gasteiger partial charge in [-0.1, -0.05) is 12.2 Å². The van der Waals surface area contributed by atoms with E-state index in [9.17, 15) is 9.59 Å². The Morgan fingerprint density at radius 2 is 2.00 bits per heavy atom. The smallest absolute Gasteiger partial charge is 0.334 e.